The number of ether oxygens (including phenoxy) is 1. The first-order chi connectivity index (χ1) is 12.8. The molecule has 1 unspecified atom stereocenters. The van der Waals surface area contributed by atoms with Crippen molar-refractivity contribution in [2.45, 2.75) is 11.8 Å². The van der Waals surface area contributed by atoms with Gasteiger partial charge in [-0.15, -0.1) is 0 Å². The van der Waals surface area contributed by atoms with Gasteiger partial charge in [0.05, 0.1) is 7.11 Å². The van der Waals surface area contributed by atoms with Crippen LogP contribution in [0.25, 0.3) is 0 Å². The Bertz CT molecular complexity index is 913. The number of alkyl halides is 3. The van der Waals surface area contributed by atoms with Crippen LogP contribution in [-0.4, -0.2) is 36.6 Å². The molecule has 0 radical (unpaired) electrons. The highest BCUT2D eigenvalue weighted by Gasteiger charge is 2.65. The molecule has 3 rings (SSSR count). The van der Waals surface area contributed by atoms with Gasteiger partial charge in [0.1, 0.15) is 11.6 Å². The molecule has 2 amide bonds. The van der Waals surface area contributed by atoms with Crippen LogP contribution in [0.5, 0.6) is 5.75 Å². The van der Waals surface area contributed by atoms with E-state index in [-0.39, 0.29) is 22.7 Å². The Kier molecular flexibility index (Phi) is 4.61. The zero-order valence-electron chi connectivity index (χ0n) is 14.0. The number of hydrogen-bond donors (Lipinski definition) is 2. The van der Waals surface area contributed by atoms with Gasteiger partial charge in [0, 0.05) is 11.1 Å². The summed E-state index contributed by atoms with van der Waals surface area (Å²) in [5, 5.41) is 3.83. The quantitative estimate of drug-likeness (QED) is 0.858. The summed E-state index contributed by atoms with van der Waals surface area (Å²) >= 11 is 0. The number of methoxy groups -OCH3 is 1. The summed E-state index contributed by atoms with van der Waals surface area (Å²) < 4.78 is 46.3. The molecule has 0 aromatic heterocycles. The second kappa shape index (κ2) is 6.75. The lowest BCUT2D eigenvalue weighted by Crippen LogP contribution is -2.63. The molecule has 6 nitrogen and oxygen atoms in total. The third-order valence-electron chi connectivity index (χ3n) is 3.92. The zero-order chi connectivity index (χ0) is 19.7. The number of hydrogen-bond acceptors (Lipinski definition) is 4. The lowest BCUT2D eigenvalue weighted by molar-refractivity contribution is -0.192. The van der Waals surface area contributed by atoms with Crippen LogP contribution in [0.15, 0.2) is 59.6 Å². The fourth-order valence-electron chi connectivity index (χ4n) is 2.53. The molecule has 0 fully saturated rings. The lowest BCUT2D eigenvalue weighted by Gasteiger charge is -2.27. The molecule has 0 aliphatic carbocycles. The first kappa shape index (κ1) is 18.4. The standard InChI is InChI=1S/C18H14F3N3O3/c1-27-13-9-5-8-12(10-13)15(25)24-17(18(19,20)21)16(26)22-14(23-17)11-6-3-2-4-7-11/h2-10H,1H3,(H,24,25)(H,22,23,26). The fourth-order valence-corrected chi connectivity index (χ4v) is 2.53. The predicted octanol–water partition coefficient (Wildman–Crippen LogP) is 2.26. The zero-order valence-corrected chi connectivity index (χ0v) is 14.0. The van der Waals surface area contributed by atoms with Gasteiger partial charge >= 0.3 is 11.8 Å². The molecule has 140 valence electrons. The van der Waals surface area contributed by atoms with Crippen molar-refractivity contribution in [1.82, 2.24) is 10.6 Å². The van der Waals surface area contributed by atoms with Crippen molar-refractivity contribution in [3.05, 3.63) is 65.7 Å². The monoisotopic (exact) mass is 377 g/mol. The molecule has 1 atom stereocenters. The van der Waals surface area contributed by atoms with Crippen LogP contribution in [-0.2, 0) is 4.79 Å². The minimum atomic E-state index is -5.15. The fraction of sp³-hybridized carbons (Fsp3) is 0.167. The first-order valence-electron chi connectivity index (χ1n) is 7.77. The summed E-state index contributed by atoms with van der Waals surface area (Å²) in [6.45, 7) is 0. The van der Waals surface area contributed by atoms with E-state index >= 15 is 0 Å². The van der Waals surface area contributed by atoms with Gasteiger partial charge in [-0.1, -0.05) is 36.4 Å². The SMILES string of the molecule is COc1cccc(C(=O)NC2(C(F)(F)F)N=C(c3ccccc3)NC2=O)c1. The van der Waals surface area contributed by atoms with Crippen LogP contribution >= 0.6 is 0 Å². The van der Waals surface area contributed by atoms with E-state index in [4.69, 9.17) is 4.74 Å². The second-order valence-corrected chi connectivity index (χ2v) is 5.67. The normalized spacial score (nSPS) is 19.3. The van der Waals surface area contributed by atoms with Crippen molar-refractivity contribution >= 4 is 17.6 Å². The van der Waals surface area contributed by atoms with E-state index in [9.17, 15) is 22.8 Å². The largest absolute Gasteiger partial charge is 0.497 e. The van der Waals surface area contributed by atoms with Crippen LogP contribution in [0.4, 0.5) is 13.2 Å². The molecule has 2 aromatic rings. The average Bonchev–Trinajstić information content (AvgIpc) is 3.00. The van der Waals surface area contributed by atoms with E-state index in [1.807, 2.05) is 0 Å². The third kappa shape index (κ3) is 3.35. The van der Waals surface area contributed by atoms with Crippen molar-refractivity contribution in [1.29, 1.82) is 0 Å². The minimum Gasteiger partial charge on any atom is -0.497 e. The van der Waals surface area contributed by atoms with Gasteiger partial charge < -0.3 is 15.4 Å². The molecule has 0 saturated carbocycles. The van der Waals surface area contributed by atoms with E-state index in [2.05, 4.69) is 10.3 Å². The Morgan fingerprint density at radius 3 is 2.48 bits per heavy atom. The van der Waals surface area contributed by atoms with Crippen molar-refractivity contribution in [2.24, 2.45) is 4.99 Å². The summed E-state index contributed by atoms with van der Waals surface area (Å²) in [6.07, 6.45) is -5.15. The maximum atomic E-state index is 13.8. The van der Waals surface area contributed by atoms with Gasteiger partial charge in [0.25, 0.3) is 11.8 Å². The maximum absolute atomic E-state index is 13.8. The number of aliphatic imine (C=N–C) groups is 1. The van der Waals surface area contributed by atoms with Crippen molar-refractivity contribution in [3.8, 4) is 5.75 Å². The van der Waals surface area contributed by atoms with Crippen LogP contribution < -0.4 is 15.4 Å². The van der Waals surface area contributed by atoms with Crippen LogP contribution in [0, 0.1) is 0 Å². The summed E-state index contributed by atoms with van der Waals surface area (Å²) in [6, 6.07) is 13.4. The highest BCUT2D eigenvalue weighted by molar-refractivity contribution is 6.16. The molecular weight excluding hydrogens is 363 g/mol. The van der Waals surface area contributed by atoms with Gasteiger partial charge in [-0.25, -0.2) is 4.99 Å². The van der Waals surface area contributed by atoms with Gasteiger partial charge in [-0.3, -0.25) is 9.59 Å². The number of rotatable bonds is 4. The lowest BCUT2D eigenvalue weighted by atomic mass is 10.1. The van der Waals surface area contributed by atoms with Gasteiger partial charge in [-0.05, 0) is 18.2 Å². The van der Waals surface area contributed by atoms with E-state index < -0.39 is 23.7 Å². The van der Waals surface area contributed by atoms with E-state index in [1.165, 1.54) is 43.5 Å². The highest BCUT2D eigenvalue weighted by atomic mass is 19.4. The van der Waals surface area contributed by atoms with E-state index in [0.29, 0.717) is 0 Å². The summed E-state index contributed by atoms with van der Waals surface area (Å²) in [5.41, 5.74) is -3.24. The Balaban J connectivity index is 2.00. The average molecular weight is 377 g/mol. The molecular formula is C18H14F3N3O3. The Hall–Kier alpha value is -3.36. The Morgan fingerprint density at radius 2 is 1.85 bits per heavy atom. The van der Waals surface area contributed by atoms with E-state index in [1.54, 1.807) is 23.5 Å². The molecule has 0 spiro atoms. The number of carbonyl (C=O) groups excluding carboxylic acids is 2. The first-order valence-corrected chi connectivity index (χ1v) is 7.77. The van der Waals surface area contributed by atoms with E-state index in [0.717, 1.165) is 0 Å². The predicted molar refractivity (Wildman–Crippen MR) is 90.4 cm³/mol. The topological polar surface area (TPSA) is 79.8 Å². The van der Waals surface area contributed by atoms with Crippen molar-refractivity contribution < 1.29 is 27.5 Å². The molecule has 0 saturated heterocycles. The Labute approximate surface area is 152 Å². The molecule has 1 aliphatic heterocycles. The number of amidine groups is 1. The third-order valence-corrected chi connectivity index (χ3v) is 3.92. The number of halogens is 3. The minimum absolute atomic E-state index is 0.103. The van der Waals surface area contributed by atoms with Gasteiger partial charge in [-0.2, -0.15) is 13.2 Å². The number of carbonyl (C=O) groups is 2. The number of nitrogens with zero attached hydrogens (tertiary/aromatic N) is 1. The highest BCUT2D eigenvalue weighted by Crippen LogP contribution is 2.35. The summed E-state index contributed by atoms with van der Waals surface area (Å²) in [5.74, 6) is -2.58. The number of amides is 2. The number of benzene rings is 2. The summed E-state index contributed by atoms with van der Waals surface area (Å²) in [7, 11) is 1.36. The molecule has 27 heavy (non-hydrogen) atoms. The number of nitrogens with one attached hydrogen (secondary N) is 2. The molecule has 1 aliphatic rings. The van der Waals surface area contributed by atoms with Gasteiger partial charge in [0.2, 0.25) is 0 Å². The van der Waals surface area contributed by atoms with Crippen LogP contribution in [0.3, 0.4) is 0 Å². The summed E-state index contributed by atoms with van der Waals surface area (Å²) in [4.78, 5) is 28.1. The van der Waals surface area contributed by atoms with Crippen molar-refractivity contribution in [3.63, 3.8) is 0 Å². The second-order valence-electron chi connectivity index (χ2n) is 5.67. The molecule has 0 bridgehead atoms. The Morgan fingerprint density at radius 1 is 1.15 bits per heavy atom. The smallest absolute Gasteiger partial charge is 0.442 e. The van der Waals surface area contributed by atoms with Gasteiger partial charge in [0.15, 0.2) is 0 Å². The van der Waals surface area contributed by atoms with Crippen LogP contribution in [0.1, 0.15) is 15.9 Å². The molecule has 9 heteroatoms. The maximum Gasteiger partial charge on any atom is 0.442 e. The molecule has 2 N–H and O–H groups in total. The molecule has 2 aromatic carbocycles. The molecule has 1 heterocycles. The van der Waals surface area contributed by atoms with Crippen LogP contribution in [0.2, 0.25) is 0 Å². The van der Waals surface area contributed by atoms with Crippen molar-refractivity contribution in [2.75, 3.05) is 7.11 Å².